The smallest absolute Gasteiger partial charge is 0.181 e. The Balaban J connectivity index is 2.73. The molecule has 0 bridgehead atoms. The normalized spacial score (nSPS) is 12.3. The minimum atomic E-state index is 0.143. The largest absolute Gasteiger partial charge is 0.354 e. The van der Waals surface area contributed by atoms with Crippen LogP contribution in [-0.2, 0) is 0 Å². The van der Waals surface area contributed by atoms with E-state index in [4.69, 9.17) is 18.1 Å². The molecule has 0 spiro atoms. The molecule has 0 amide bonds. The highest BCUT2D eigenvalue weighted by atomic mass is 32.1. The predicted octanol–water partition coefficient (Wildman–Crippen LogP) is 1.16. The maximum atomic E-state index is 5.18. The average molecular weight is 230 g/mol. The van der Waals surface area contributed by atoms with Gasteiger partial charge >= 0.3 is 0 Å². The SMILES string of the molecule is Cc1nc(C)c(C(C)NC(=S)NN)s1. The number of aromatic nitrogens is 1. The zero-order chi connectivity index (χ0) is 10.7. The molecule has 0 saturated carbocycles. The molecule has 14 heavy (non-hydrogen) atoms. The number of nitrogens with two attached hydrogens (primary N) is 1. The van der Waals surface area contributed by atoms with Crippen molar-refractivity contribution < 1.29 is 0 Å². The number of hydrazine groups is 1. The van der Waals surface area contributed by atoms with Crippen molar-refractivity contribution in [2.24, 2.45) is 5.84 Å². The molecule has 1 atom stereocenters. The van der Waals surface area contributed by atoms with Gasteiger partial charge in [-0.2, -0.15) is 0 Å². The van der Waals surface area contributed by atoms with Crippen molar-refractivity contribution in [1.29, 1.82) is 0 Å². The lowest BCUT2D eigenvalue weighted by molar-refractivity contribution is 0.710. The molecule has 0 aliphatic rings. The van der Waals surface area contributed by atoms with Crippen molar-refractivity contribution in [2.75, 3.05) is 0 Å². The number of hydrogen-bond donors (Lipinski definition) is 3. The van der Waals surface area contributed by atoms with Crippen molar-refractivity contribution in [2.45, 2.75) is 26.8 Å². The van der Waals surface area contributed by atoms with E-state index in [9.17, 15) is 0 Å². The van der Waals surface area contributed by atoms with Crippen molar-refractivity contribution >= 4 is 28.7 Å². The molecular weight excluding hydrogens is 216 g/mol. The second-order valence-electron chi connectivity index (χ2n) is 3.02. The lowest BCUT2D eigenvalue weighted by Crippen LogP contribution is -2.40. The average Bonchev–Trinajstić information content (AvgIpc) is 2.45. The van der Waals surface area contributed by atoms with Crippen molar-refractivity contribution in [3.63, 3.8) is 0 Å². The Labute approximate surface area is 92.9 Å². The van der Waals surface area contributed by atoms with Crippen LogP contribution in [-0.4, -0.2) is 10.1 Å². The Morgan fingerprint density at radius 3 is 2.64 bits per heavy atom. The van der Waals surface area contributed by atoms with E-state index in [2.05, 4.69) is 15.7 Å². The van der Waals surface area contributed by atoms with Crippen LogP contribution >= 0.6 is 23.6 Å². The van der Waals surface area contributed by atoms with Crippen LogP contribution in [0, 0.1) is 13.8 Å². The molecule has 1 rings (SSSR count). The Hall–Kier alpha value is -0.720. The minimum Gasteiger partial charge on any atom is -0.354 e. The van der Waals surface area contributed by atoms with E-state index >= 15 is 0 Å². The van der Waals surface area contributed by atoms with E-state index in [1.807, 2.05) is 20.8 Å². The third-order valence-corrected chi connectivity index (χ3v) is 3.30. The Morgan fingerprint density at radius 2 is 2.21 bits per heavy atom. The maximum absolute atomic E-state index is 5.18. The molecule has 0 fully saturated rings. The Bertz CT molecular complexity index is 334. The van der Waals surface area contributed by atoms with Crippen LogP contribution in [0.3, 0.4) is 0 Å². The van der Waals surface area contributed by atoms with E-state index in [0.717, 1.165) is 10.7 Å². The first kappa shape index (κ1) is 11.4. The first-order valence-electron chi connectivity index (χ1n) is 4.25. The number of hydrogen-bond acceptors (Lipinski definition) is 4. The van der Waals surface area contributed by atoms with Gasteiger partial charge in [-0.25, -0.2) is 10.8 Å². The number of rotatable bonds is 2. The molecule has 6 heteroatoms. The van der Waals surface area contributed by atoms with Crippen LogP contribution in [0.25, 0.3) is 0 Å². The standard InChI is InChI=1S/C8H14N4S2/c1-4-7(14-6(3)10-4)5(2)11-8(13)12-9/h5H,9H2,1-3H3,(H2,11,12,13). The fourth-order valence-corrected chi connectivity index (χ4v) is 2.36. The fourth-order valence-electron chi connectivity index (χ4n) is 1.25. The third-order valence-electron chi connectivity index (χ3n) is 1.81. The Kier molecular flexibility index (Phi) is 3.79. The summed E-state index contributed by atoms with van der Waals surface area (Å²) in [4.78, 5) is 5.54. The van der Waals surface area contributed by atoms with Crippen LogP contribution in [0.1, 0.15) is 28.5 Å². The van der Waals surface area contributed by atoms with Crippen LogP contribution in [0.2, 0.25) is 0 Å². The van der Waals surface area contributed by atoms with E-state index in [-0.39, 0.29) is 6.04 Å². The fraction of sp³-hybridized carbons (Fsp3) is 0.500. The van der Waals surface area contributed by atoms with E-state index in [0.29, 0.717) is 5.11 Å². The highest BCUT2D eigenvalue weighted by Crippen LogP contribution is 2.24. The highest BCUT2D eigenvalue weighted by molar-refractivity contribution is 7.80. The second-order valence-corrected chi connectivity index (χ2v) is 4.67. The molecule has 1 unspecified atom stereocenters. The molecule has 0 aliphatic carbocycles. The van der Waals surface area contributed by atoms with Gasteiger partial charge in [0.05, 0.1) is 16.7 Å². The van der Waals surface area contributed by atoms with E-state index in [1.54, 1.807) is 11.3 Å². The molecule has 0 aliphatic heterocycles. The van der Waals surface area contributed by atoms with Gasteiger partial charge in [-0.1, -0.05) is 0 Å². The van der Waals surface area contributed by atoms with Gasteiger partial charge in [-0.3, -0.25) is 0 Å². The molecule has 1 aromatic rings. The van der Waals surface area contributed by atoms with Crippen molar-refractivity contribution in [3.8, 4) is 0 Å². The summed E-state index contributed by atoms with van der Waals surface area (Å²) >= 11 is 6.59. The minimum absolute atomic E-state index is 0.143. The number of aryl methyl sites for hydroxylation is 2. The molecule has 78 valence electrons. The van der Waals surface area contributed by atoms with Gasteiger partial charge in [-0.15, -0.1) is 11.3 Å². The van der Waals surface area contributed by atoms with Gasteiger partial charge in [0.15, 0.2) is 5.11 Å². The van der Waals surface area contributed by atoms with Crippen LogP contribution < -0.4 is 16.6 Å². The van der Waals surface area contributed by atoms with E-state index < -0.39 is 0 Å². The highest BCUT2D eigenvalue weighted by Gasteiger charge is 2.12. The number of nitrogens with one attached hydrogen (secondary N) is 2. The Morgan fingerprint density at radius 1 is 1.57 bits per heavy atom. The molecular formula is C8H14N4S2. The lowest BCUT2D eigenvalue weighted by atomic mass is 10.2. The topological polar surface area (TPSA) is 63.0 Å². The summed E-state index contributed by atoms with van der Waals surface area (Å²) in [5, 5.41) is 4.58. The van der Waals surface area contributed by atoms with Gasteiger partial charge in [0.25, 0.3) is 0 Å². The zero-order valence-electron chi connectivity index (χ0n) is 8.42. The summed E-state index contributed by atoms with van der Waals surface area (Å²) in [7, 11) is 0. The molecule has 4 N–H and O–H groups in total. The lowest BCUT2D eigenvalue weighted by Gasteiger charge is -2.13. The molecule has 1 heterocycles. The van der Waals surface area contributed by atoms with Gasteiger partial charge in [-0.05, 0) is 33.0 Å². The van der Waals surface area contributed by atoms with Gasteiger partial charge in [0.1, 0.15) is 0 Å². The monoisotopic (exact) mass is 230 g/mol. The summed E-state index contributed by atoms with van der Waals surface area (Å²) in [6, 6.07) is 0.143. The number of thiocarbonyl (C=S) groups is 1. The van der Waals surface area contributed by atoms with Crippen LogP contribution in [0.5, 0.6) is 0 Å². The molecule has 1 aromatic heterocycles. The first-order valence-corrected chi connectivity index (χ1v) is 5.48. The molecule has 0 radical (unpaired) electrons. The molecule has 4 nitrogen and oxygen atoms in total. The third kappa shape index (κ3) is 2.63. The second kappa shape index (κ2) is 4.68. The van der Waals surface area contributed by atoms with E-state index in [1.165, 1.54) is 4.88 Å². The molecule has 0 aromatic carbocycles. The van der Waals surface area contributed by atoms with Crippen LogP contribution in [0.15, 0.2) is 0 Å². The summed E-state index contributed by atoms with van der Waals surface area (Å²) in [5.41, 5.74) is 3.44. The van der Waals surface area contributed by atoms with Crippen molar-refractivity contribution in [1.82, 2.24) is 15.7 Å². The molecule has 0 saturated heterocycles. The zero-order valence-corrected chi connectivity index (χ0v) is 10.1. The quantitative estimate of drug-likeness (QED) is 0.404. The van der Waals surface area contributed by atoms with Crippen LogP contribution in [0.4, 0.5) is 0 Å². The van der Waals surface area contributed by atoms with Crippen molar-refractivity contribution in [3.05, 3.63) is 15.6 Å². The summed E-state index contributed by atoms with van der Waals surface area (Å²) in [5.74, 6) is 5.18. The maximum Gasteiger partial charge on any atom is 0.181 e. The summed E-state index contributed by atoms with van der Waals surface area (Å²) < 4.78 is 0. The number of nitrogens with zero attached hydrogens (tertiary/aromatic N) is 1. The summed E-state index contributed by atoms with van der Waals surface area (Å²) in [6.07, 6.45) is 0. The number of thiazole rings is 1. The van der Waals surface area contributed by atoms with Gasteiger partial charge in [0, 0.05) is 4.88 Å². The first-order chi connectivity index (χ1) is 6.54. The predicted molar refractivity (Wildman–Crippen MR) is 63.1 cm³/mol. The van der Waals surface area contributed by atoms with Gasteiger partial charge < -0.3 is 10.7 Å². The van der Waals surface area contributed by atoms with Gasteiger partial charge in [0.2, 0.25) is 0 Å². The summed E-state index contributed by atoms with van der Waals surface area (Å²) in [6.45, 7) is 6.02.